The maximum absolute atomic E-state index is 11.7. The van der Waals surface area contributed by atoms with Crippen LogP contribution in [-0.4, -0.2) is 22.0 Å². The first-order valence-electron chi connectivity index (χ1n) is 6.54. The number of thiophene rings is 1. The number of aromatic nitrogens is 1. The van der Waals surface area contributed by atoms with Gasteiger partial charge < -0.3 is 10.4 Å². The smallest absolute Gasteiger partial charge is 0.345 e. The van der Waals surface area contributed by atoms with E-state index in [0.717, 1.165) is 28.4 Å². The van der Waals surface area contributed by atoms with Crippen molar-refractivity contribution in [3.8, 4) is 0 Å². The van der Waals surface area contributed by atoms with Crippen LogP contribution in [0.25, 0.3) is 0 Å². The highest BCUT2D eigenvalue weighted by atomic mass is 32.1. The molecule has 2 N–H and O–H groups in total. The fraction of sp³-hybridized carbons (Fsp3) is 0.357. The van der Waals surface area contributed by atoms with Crippen molar-refractivity contribution < 1.29 is 14.7 Å². The van der Waals surface area contributed by atoms with E-state index >= 15 is 0 Å². The molecule has 0 aliphatic rings. The molecular formula is C14H16N2O3S2. The first kappa shape index (κ1) is 15.7. The lowest BCUT2D eigenvalue weighted by atomic mass is 10.2. The number of nitrogens with zero attached hydrogens (tertiary/aromatic N) is 1. The van der Waals surface area contributed by atoms with Gasteiger partial charge in [-0.2, -0.15) is 0 Å². The van der Waals surface area contributed by atoms with Gasteiger partial charge in [-0.05, 0) is 31.9 Å². The first-order valence-corrected chi connectivity index (χ1v) is 8.24. The second-order valence-electron chi connectivity index (χ2n) is 4.56. The van der Waals surface area contributed by atoms with E-state index in [9.17, 15) is 9.59 Å². The number of thiazole rings is 1. The van der Waals surface area contributed by atoms with Gasteiger partial charge in [0.2, 0.25) is 5.91 Å². The SMILES string of the molecule is Cc1nc(CCCC(=O)NCc2ccc(C(=O)O)s2)cs1. The van der Waals surface area contributed by atoms with Gasteiger partial charge in [-0.3, -0.25) is 4.79 Å². The van der Waals surface area contributed by atoms with Gasteiger partial charge in [-0.25, -0.2) is 9.78 Å². The van der Waals surface area contributed by atoms with Gasteiger partial charge in [0.05, 0.1) is 17.2 Å². The van der Waals surface area contributed by atoms with Gasteiger partial charge >= 0.3 is 5.97 Å². The lowest BCUT2D eigenvalue weighted by Crippen LogP contribution is -2.22. The molecule has 0 aliphatic carbocycles. The number of carboxylic acid groups (broad SMARTS) is 1. The third-order valence-corrected chi connectivity index (χ3v) is 4.73. The molecule has 7 heteroatoms. The van der Waals surface area contributed by atoms with E-state index in [1.807, 2.05) is 12.3 Å². The van der Waals surface area contributed by atoms with Crippen molar-refractivity contribution in [3.05, 3.63) is 38.0 Å². The van der Waals surface area contributed by atoms with Crippen LogP contribution in [0.15, 0.2) is 17.5 Å². The molecule has 0 unspecified atom stereocenters. The summed E-state index contributed by atoms with van der Waals surface area (Å²) in [6, 6.07) is 3.28. The van der Waals surface area contributed by atoms with Crippen LogP contribution in [0.5, 0.6) is 0 Å². The van der Waals surface area contributed by atoms with Crippen molar-refractivity contribution in [2.45, 2.75) is 32.7 Å². The van der Waals surface area contributed by atoms with E-state index in [4.69, 9.17) is 5.11 Å². The van der Waals surface area contributed by atoms with E-state index in [0.29, 0.717) is 13.0 Å². The summed E-state index contributed by atoms with van der Waals surface area (Å²) in [5.74, 6) is -0.955. The van der Waals surface area contributed by atoms with Gasteiger partial charge in [0.15, 0.2) is 0 Å². The van der Waals surface area contributed by atoms with Crippen LogP contribution < -0.4 is 5.32 Å². The molecule has 2 aromatic rings. The Morgan fingerprint density at radius 2 is 2.19 bits per heavy atom. The Bertz CT molecular complexity index is 634. The maximum atomic E-state index is 11.7. The molecule has 112 valence electrons. The summed E-state index contributed by atoms with van der Waals surface area (Å²) in [7, 11) is 0. The molecular weight excluding hydrogens is 308 g/mol. The Morgan fingerprint density at radius 1 is 1.38 bits per heavy atom. The molecule has 1 amide bonds. The zero-order chi connectivity index (χ0) is 15.2. The number of rotatable bonds is 7. The van der Waals surface area contributed by atoms with Crippen LogP contribution >= 0.6 is 22.7 Å². The van der Waals surface area contributed by atoms with E-state index in [1.54, 1.807) is 23.5 Å². The van der Waals surface area contributed by atoms with Crippen molar-refractivity contribution in [1.29, 1.82) is 0 Å². The minimum atomic E-state index is -0.934. The number of amides is 1. The summed E-state index contributed by atoms with van der Waals surface area (Å²) in [4.78, 5) is 27.9. The highest BCUT2D eigenvalue weighted by molar-refractivity contribution is 7.13. The van der Waals surface area contributed by atoms with Crippen LogP contribution in [0.2, 0.25) is 0 Å². The molecule has 0 spiro atoms. The van der Waals surface area contributed by atoms with E-state index < -0.39 is 5.97 Å². The minimum Gasteiger partial charge on any atom is -0.477 e. The fourth-order valence-corrected chi connectivity index (χ4v) is 3.25. The van der Waals surface area contributed by atoms with E-state index in [1.165, 1.54) is 11.3 Å². The first-order chi connectivity index (χ1) is 10.0. The van der Waals surface area contributed by atoms with Crippen LogP contribution in [0.3, 0.4) is 0 Å². The molecule has 2 rings (SSSR count). The van der Waals surface area contributed by atoms with Gasteiger partial charge in [0, 0.05) is 16.7 Å². The number of carbonyl (C=O) groups excluding carboxylic acids is 1. The van der Waals surface area contributed by atoms with Gasteiger partial charge in [0.25, 0.3) is 0 Å². The number of carbonyl (C=O) groups is 2. The molecule has 0 saturated heterocycles. The zero-order valence-corrected chi connectivity index (χ0v) is 13.2. The molecule has 0 atom stereocenters. The summed E-state index contributed by atoms with van der Waals surface area (Å²) in [6.45, 7) is 2.35. The number of aromatic carboxylic acids is 1. The van der Waals surface area contributed by atoms with Crippen LogP contribution in [0.4, 0.5) is 0 Å². The van der Waals surface area contributed by atoms with Crippen molar-refractivity contribution in [2.75, 3.05) is 0 Å². The Morgan fingerprint density at radius 3 is 2.81 bits per heavy atom. The molecule has 2 aromatic heterocycles. The Labute approximate surface area is 130 Å². The summed E-state index contributed by atoms with van der Waals surface area (Å²) in [5, 5.41) is 14.7. The maximum Gasteiger partial charge on any atom is 0.345 e. The Kier molecular flexibility index (Phi) is 5.46. The average molecular weight is 324 g/mol. The minimum absolute atomic E-state index is 0.0211. The largest absolute Gasteiger partial charge is 0.477 e. The lowest BCUT2D eigenvalue weighted by Gasteiger charge is -2.02. The number of hydrogen-bond donors (Lipinski definition) is 2. The van der Waals surface area contributed by atoms with E-state index in [2.05, 4.69) is 10.3 Å². The molecule has 0 saturated carbocycles. The summed E-state index contributed by atoms with van der Waals surface area (Å²) >= 11 is 2.80. The molecule has 0 bridgehead atoms. The van der Waals surface area contributed by atoms with Crippen molar-refractivity contribution in [2.24, 2.45) is 0 Å². The van der Waals surface area contributed by atoms with E-state index in [-0.39, 0.29) is 10.8 Å². The highest BCUT2D eigenvalue weighted by Gasteiger charge is 2.08. The standard InChI is InChI=1S/C14H16N2O3S2/c1-9-16-10(8-20-9)3-2-4-13(17)15-7-11-5-6-12(21-11)14(18)19/h5-6,8H,2-4,7H2,1H3,(H,15,17)(H,18,19). The summed E-state index contributed by atoms with van der Waals surface area (Å²) in [5.41, 5.74) is 1.04. The van der Waals surface area contributed by atoms with Gasteiger partial charge in [-0.1, -0.05) is 0 Å². The number of aryl methyl sites for hydroxylation is 2. The normalized spacial score (nSPS) is 10.5. The summed E-state index contributed by atoms with van der Waals surface area (Å²) in [6.07, 6.45) is 2.02. The van der Waals surface area contributed by atoms with Crippen molar-refractivity contribution in [3.63, 3.8) is 0 Å². The molecule has 0 radical (unpaired) electrons. The van der Waals surface area contributed by atoms with Crippen LogP contribution in [0.1, 0.15) is 38.1 Å². The lowest BCUT2D eigenvalue weighted by molar-refractivity contribution is -0.121. The summed E-state index contributed by atoms with van der Waals surface area (Å²) < 4.78 is 0. The van der Waals surface area contributed by atoms with Crippen molar-refractivity contribution in [1.82, 2.24) is 10.3 Å². The van der Waals surface area contributed by atoms with Crippen LogP contribution in [0, 0.1) is 6.92 Å². The highest BCUT2D eigenvalue weighted by Crippen LogP contribution is 2.16. The molecule has 5 nitrogen and oxygen atoms in total. The van der Waals surface area contributed by atoms with Crippen LogP contribution in [-0.2, 0) is 17.8 Å². The third kappa shape index (κ3) is 4.95. The average Bonchev–Trinajstić information content (AvgIpc) is 3.05. The predicted octanol–water partition coefficient (Wildman–Crippen LogP) is 2.85. The van der Waals surface area contributed by atoms with Crippen molar-refractivity contribution >= 4 is 34.6 Å². The number of nitrogens with one attached hydrogen (secondary N) is 1. The molecule has 0 aliphatic heterocycles. The Hall–Kier alpha value is -1.73. The Balaban J connectivity index is 1.68. The predicted molar refractivity (Wildman–Crippen MR) is 82.9 cm³/mol. The monoisotopic (exact) mass is 324 g/mol. The number of hydrogen-bond acceptors (Lipinski definition) is 5. The zero-order valence-electron chi connectivity index (χ0n) is 11.6. The third-order valence-electron chi connectivity index (χ3n) is 2.84. The molecule has 0 fully saturated rings. The molecule has 0 aromatic carbocycles. The quantitative estimate of drug-likeness (QED) is 0.821. The second kappa shape index (κ2) is 7.33. The topological polar surface area (TPSA) is 79.3 Å². The second-order valence-corrected chi connectivity index (χ2v) is 6.79. The van der Waals surface area contributed by atoms with Gasteiger partial charge in [-0.15, -0.1) is 22.7 Å². The molecule has 2 heterocycles. The fourth-order valence-electron chi connectivity index (χ4n) is 1.82. The molecule has 21 heavy (non-hydrogen) atoms. The van der Waals surface area contributed by atoms with Gasteiger partial charge in [0.1, 0.15) is 4.88 Å². The number of carboxylic acids is 1.